The number of H-pyrrole nitrogens is 1. The van der Waals surface area contributed by atoms with Crippen molar-refractivity contribution in [3.05, 3.63) is 53.1 Å². The van der Waals surface area contributed by atoms with Gasteiger partial charge >= 0.3 is 0 Å². The van der Waals surface area contributed by atoms with Gasteiger partial charge in [-0.2, -0.15) is 14.9 Å². The zero-order valence-electron chi connectivity index (χ0n) is 11.2. The molecule has 0 aliphatic heterocycles. The standard InChI is InChI=1S/C14H11N5O2S/c20-11-4-3-9(6-12(11)21)7-16-19-13(17-18-14(19)22)10-2-1-5-15-8-10/h1-8,20-21H,(H,18,22)/b16-7+. The molecule has 0 saturated heterocycles. The predicted molar refractivity (Wildman–Crippen MR) is 83.4 cm³/mol. The smallest absolute Gasteiger partial charge is 0.216 e. The van der Waals surface area contributed by atoms with Crippen LogP contribution in [0.15, 0.2) is 47.8 Å². The van der Waals surface area contributed by atoms with E-state index in [1.54, 1.807) is 24.5 Å². The third kappa shape index (κ3) is 2.72. The molecule has 0 aliphatic rings. The molecule has 2 heterocycles. The highest BCUT2D eigenvalue weighted by Crippen LogP contribution is 2.24. The van der Waals surface area contributed by atoms with Crippen LogP contribution < -0.4 is 0 Å². The van der Waals surface area contributed by atoms with E-state index in [1.165, 1.54) is 23.0 Å². The quantitative estimate of drug-likeness (QED) is 0.391. The van der Waals surface area contributed by atoms with Gasteiger partial charge in [-0.05, 0) is 48.1 Å². The molecule has 22 heavy (non-hydrogen) atoms. The summed E-state index contributed by atoms with van der Waals surface area (Å²) in [5.74, 6) is 0.123. The van der Waals surface area contributed by atoms with Crippen molar-refractivity contribution < 1.29 is 10.2 Å². The molecule has 0 atom stereocenters. The minimum atomic E-state index is -0.216. The molecule has 8 heteroatoms. The zero-order chi connectivity index (χ0) is 15.5. The minimum absolute atomic E-state index is 0.187. The van der Waals surface area contributed by atoms with Gasteiger partial charge in [0, 0.05) is 18.0 Å². The zero-order valence-corrected chi connectivity index (χ0v) is 12.0. The van der Waals surface area contributed by atoms with Crippen LogP contribution in [0.5, 0.6) is 11.5 Å². The molecule has 0 aliphatic carbocycles. The Balaban J connectivity index is 1.99. The average molecular weight is 313 g/mol. The summed E-state index contributed by atoms with van der Waals surface area (Å²) >= 11 is 5.16. The molecule has 1 aromatic carbocycles. The fraction of sp³-hybridized carbons (Fsp3) is 0. The Morgan fingerprint density at radius 3 is 2.82 bits per heavy atom. The molecule has 3 N–H and O–H groups in total. The molecule has 0 radical (unpaired) electrons. The van der Waals surface area contributed by atoms with Crippen molar-refractivity contribution >= 4 is 18.4 Å². The molecule has 0 spiro atoms. The van der Waals surface area contributed by atoms with Crippen LogP contribution in [0.1, 0.15) is 5.56 Å². The molecule has 0 bridgehead atoms. The van der Waals surface area contributed by atoms with Crippen molar-refractivity contribution in [3.63, 3.8) is 0 Å². The molecule has 7 nitrogen and oxygen atoms in total. The molecule has 3 aromatic rings. The van der Waals surface area contributed by atoms with Gasteiger partial charge in [0.1, 0.15) is 0 Å². The van der Waals surface area contributed by atoms with Crippen LogP contribution >= 0.6 is 12.2 Å². The van der Waals surface area contributed by atoms with Crippen molar-refractivity contribution in [1.82, 2.24) is 19.9 Å². The Kier molecular flexibility index (Phi) is 3.67. The molecule has 0 fully saturated rings. The van der Waals surface area contributed by atoms with E-state index in [-0.39, 0.29) is 11.5 Å². The fourth-order valence-electron chi connectivity index (χ4n) is 1.83. The number of aromatic hydroxyl groups is 2. The Labute approximate surface area is 130 Å². The van der Waals surface area contributed by atoms with E-state index < -0.39 is 0 Å². The number of rotatable bonds is 3. The largest absolute Gasteiger partial charge is 0.504 e. The lowest BCUT2D eigenvalue weighted by Crippen LogP contribution is -1.95. The van der Waals surface area contributed by atoms with Gasteiger partial charge in [-0.1, -0.05) is 0 Å². The molecule has 2 aromatic heterocycles. The maximum Gasteiger partial charge on any atom is 0.216 e. The number of aromatic nitrogens is 4. The lowest BCUT2D eigenvalue weighted by molar-refractivity contribution is 0.403. The Hall–Kier alpha value is -3.00. The number of nitrogens with one attached hydrogen (secondary N) is 1. The molecular weight excluding hydrogens is 302 g/mol. The number of nitrogens with zero attached hydrogens (tertiary/aromatic N) is 4. The first kappa shape index (κ1) is 14.0. The number of hydrogen-bond acceptors (Lipinski definition) is 6. The van der Waals surface area contributed by atoms with Gasteiger partial charge in [-0.25, -0.2) is 5.10 Å². The normalized spacial score (nSPS) is 11.1. The summed E-state index contributed by atoms with van der Waals surface area (Å²) in [5.41, 5.74) is 1.37. The summed E-state index contributed by atoms with van der Waals surface area (Å²) in [6.07, 6.45) is 4.82. The van der Waals surface area contributed by atoms with Crippen molar-refractivity contribution in [2.75, 3.05) is 0 Å². The Morgan fingerprint density at radius 2 is 2.09 bits per heavy atom. The minimum Gasteiger partial charge on any atom is -0.504 e. The van der Waals surface area contributed by atoms with E-state index in [9.17, 15) is 10.2 Å². The second-order valence-electron chi connectivity index (χ2n) is 4.40. The fourth-order valence-corrected chi connectivity index (χ4v) is 2.01. The van der Waals surface area contributed by atoms with E-state index in [0.717, 1.165) is 5.56 Å². The molecule has 0 saturated carbocycles. The average Bonchev–Trinajstić information content (AvgIpc) is 2.90. The number of hydrogen-bond donors (Lipinski definition) is 3. The number of pyridine rings is 1. The molecule has 0 unspecified atom stereocenters. The van der Waals surface area contributed by atoms with Crippen LogP contribution in [0, 0.1) is 4.77 Å². The van der Waals surface area contributed by atoms with E-state index >= 15 is 0 Å². The first-order valence-corrected chi connectivity index (χ1v) is 6.70. The molecular formula is C14H11N5O2S. The summed E-state index contributed by atoms with van der Waals surface area (Å²) in [7, 11) is 0. The van der Waals surface area contributed by atoms with Crippen molar-refractivity contribution in [1.29, 1.82) is 0 Å². The highest BCUT2D eigenvalue weighted by molar-refractivity contribution is 7.71. The highest BCUT2D eigenvalue weighted by Gasteiger charge is 2.07. The summed E-state index contributed by atoms with van der Waals surface area (Å²) in [5, 5.41) is 29.8. The molecule has 0 amide bonds. The number of phenolic OH excluding ortho intramolecular Hbond substituents is 2. The lowest BCUT2D eigenvalue weighted by atomic mass is 10.2. The summed E-state index contributed by atoms with van der Waals surface area (Å²) in [4.78, 5) is 4.04. The van der Waals surface area contributed by atoms with Crippen LogP contribution in [0.2, 0.25) is 0 Å². The third-order valence-corrected chi connectivity index (χ3v) is 3.16. The maximum atomic E-state index is 9.48. The van der Waals surface area contributed by atoms with Crippen LogP contribution in [-0.2, 0) is 0 Å². The number of phenols is 2. The number of aromatic amines is 1. The van der Waals surface area contributed by atoms with Crippen molar-refractivity contribution in [3.8, 4) is 22.9 Å². The SMILES string of the molecule is Oc1ccc(/C=N/n2c(-c3cccnc3)n[nH]c2=S)cc1O. The molecule has 3 rings (SSSR count). The first-order chi connectivity index (χ1) is 10.6. The first-order valence-electron chi connectivity index (χ1n) is 6.29. The van der Waals surface area contributed by atoms with Crippen LogP contribution in [0.4, 0.5) is 0 Å². The Morgan fingerprint density at radius 1 is 1.23 bits per heavy atom. The van der Waals surface area contributed by atoms with Crippen LogP contribution in [-0.4, -0.2) is 36.3 Å². The van der Waals surface area contributed by atoms with E-state index in [4.69, 9.17) is 12.2 Å². The van der Waals surface area contributed by atoms with Crippen molar-refractivity contribution in [2.24, 2.45) is 5.10 Å². The van der Waals surface area contributed by atoms with Crippen LogP contribution in [0.25, 0.3) is 11.4 Å². The van der Waals surface area contributed by atoms with Crippen molar-refractivity contribution in [2.45, 2.75) is 0 Å². The maximum absolute atomic E-state index is 9.48. The summed E-state index contributed by atoms with van der Waals surface area (Å²) < 4.78 is 1.79. The van der Waals surface area contributed by atoms with Gasteiger partial charge in [0.05, 0.1) is 6.21 Å². The molecule has 110 valence electrons. The number of benzene rings is 1. The van der Waals surface area contributed by atoms with Gasteiger partial charge in [0.25, 0.3) is 0 Å². The van der Waals surface area contributed by atoms with Crippen LogP contribution in [0.3, 0.4) is 0 Å². The van der Waals surface area contributed by atoms with E-state index in [2.05, 4.69) is 20.3 Å². The summed E-state index contributed by atoms with van der Waals surface area (Å²) in [6, 6.07) is 8.03. The lowest BCUT2D eigenvalue weighted by Gasteiger charge is -2.01. The van der Waals surface area contributed by atoms with E-state index in [0.29, 0.717) is 16.2 Å². The monoisotopic (exact) mass is 313 g/mol. The van der Waals surface area contributed by atoms with E-state index in [1.807, 2.05) is 6.07 Å². The Bertz CT molecular complexity index is 886. The second kappa shape index (κ2) is 5.78. The third-order valence-electron chi connectivity index (χ3n) is 2.89. The topological polar surface area (TPSA) is 99.3 Å². The van der Waals surface area contributed by atoms with Gasteiger partial charge < -0.3 is 10.2 Å². The van der Waals surface area contributed by atoms with Gasteiger partial charge in [0.15, 0.2) is 17.3 Å². The van der Waals surface area contributed by atoms with Gasteiger partial charge in [-0.15, -0.1) is 0 Å². The predicted octanol–water partition coefficient (Wildman–Crippen LogP) is 2.30. The second-order valence-corrected chi connectivity index (χ2v) is 4.79. The summed E-state index contributed by atoms with van der Waals surface area (Å²) in [6.45, 7) is 0. The van der Waals surface area contributed by atoms with Gasteiger partial charge in [-0.3, -0.25) is 4.98 Å². The highest BCUT2D eigenvalue weighted by atomic mass is 32.1. The van der Waals surface area contributed by atoms with Gasteiger partial charge in [0.2, 0.25) is 4.77 Å².